The van der Waals surface area contributed by atoms with Gasteiger partial charge >= 0.3 is 0 Å². The number of hydrogen-bond donors (Lipinski definition) is 0. The Hall–Kier alpha value is -2.80. The summed E-state index contributed by atoms with van der Waals surface area (Å²) >= 11 is 1.57. The molecule has 0 fully saturated rings. The molecule has 0 bridgehead atoms. The van der Waals surface area contributed by atoms with Crippen molar-refractivity contribution in [3.05, 3.63) is 73.5 Å². The molecule has 0 amide bonds. The van der Waals surface area contributed by atoms with E-state index in [1.54, 1.807) is 23.5 Å². The fraction of sp³-hybridized carbons (Fsp3) is 0.176. The Morgan fingerprint density at radius 2 is 2.12 bits per heavy atom. The largest absolute Gasteiger partial charge is 0.298 e. The lowest BCUT2D eigenvalue weighted by molar-refractivity contribution is -0.384. The zero-order valence-corrected chi connectivity index (χ0v) is 14.0. The van der Waals surface area contributed by atoms with Gasteiger partial charge in [0.05, 0.1) is 33.4 Å². The second-order valence-corrected chi connectivity index (χ2v) is 6.58. The Balaban J connectivity index is 2.03. The Labute approximate surface area is 142 Å². The zero-order chi connectivity index (χ0) is 16.8. The highest BCUT2D eigenvalue weighted by Crippen LogP contribution is 2.31. The summed E-state index contributed by atoms with van der Waals surface area (Å²) in [6.07, 6.45) is 0. The predicted molar refractivity (Wildman–Crippen MR) is 93.4 cm³/mol. The summed E-state index contributed by atoms with van der Waals surface area (Å²) in [7, 11) is 0. The molecule has 4 rings (SSSR count). The molecule has 0 saturated heterocycles. The van der Waals surface area contributed by atoms with Gasteiger partial charge in [-0.2, -0.15) is 0 Å². The smallest absolute Gasteiger partial charge is 0.270 e. The molecule has 0 atom stereocenters. The summed E-state index contributed by atoms with van der Waals surface area (Å²) in [5.74, 6) is 0.853. The molecule has 0 saturated carbocycles. The van der Waals surface area contributed by atoms with Gasteiger partial charge in [-0.25, -0.2) is 4.98 Å². The molecule has 0 N–H and O–H groups in total. The monoisotopic (exact) mass is 338 g/mol. The molecular weight excluding hydrogens is 324 g/mol. The highest BCUT2D eigenvalue weighted by molar-refractivity contribution is 7.12. The SMILES string of the molecule is Cc1nc2n(c1C)-c1ccc([N+](=O)[O-])cc1C(c1cccs1)=NC2. The maximum atomic E-state index is 11.2. The third-order valence-electron chi connectivity index (χ3n) is 4.23. The van der Waals surface area contributed by atoms with Crippen LogP contribution in [0.4, 0.5) is 5.69 Å². The molecule has 3 aromatic rings. The van der Waals surface area contributed by atoms with E-state index >= 15 is 0 Å². The summed E-state index contributed by atoms with van der Waals surface area (Å²) in [6, 6.07) is 8.88. The first-order valence-electron chi connectivity index (χ1n) is 7.48. The molecule has 7 heteroatoms. The van der Waals surface area contributed by atoms with Gasteiger partial charge in [0.15, 0.2) is 0 Å². The van der Waals surface area contributed by atoms with E-state index in [4.69, 9.17) is 4.99 Å². The molecule has 6 nitrogen and oxygen atoms in total. The number of nitrogens with zero attached hydrogens (tertiary/aromatic N) is 4. The standard InChI is InChI=1S/C17H14N4O2S/c1-10-11(2)20-14-6-5-12(21(22)23)8-13(14)17(15-4-3-7-24-15)18-9-16(20)19-10/h3-8H,9H2,1-2H3. The summed E-state index contributed by atoms with van der Waals surface area (Å²) in [5.41, 5.74) is 4.48. The molecule has 1 aliphatic heterocycles. The molecule has 120 valence electrons. The molecular formula is C17H14N4O2S. The van der Waals surface area contributed by atoms with Crippen molar-refractivity contribution in [3.8, 4) is 5.69 Å². The number of nitro benzene ring substituents is 1. The number of aromatic nitrogens is 2. The molecule has 24 heavy (non-hydrogen) atoms. The van der Waals surface area contributed by atoms with Crippen molar-refractivity contribution in [2.24, 2.45) is 4.99 Å². The quantitative estimate of drug-likeness (QED) is 0.527. The fourth-order valence-corrected chi connectivity index (χ4v) is 3.73. The van der Waals surface area contributed by atoms with Gasteiger partial charge in [0.25, 0.3) is 5.69 Å². The molecule has 2 aromatic heterocycles. The summed E-state index contributed by atoms with van der Waals surface area (Å²) < 4.78 is 2.05. The van der Waals surface area contributed by atoms with E-state index in [2.05, 4.69) is 9.55 Å². The predicted octanol–water partition coefficient (Wildman–Crippen LogP) is 3.81. The fourth-order valence-electron chi connectivity index (χ4n) is 2.99. The number of fused-ring (bicyclic) bond motifs is 3. The van der Waals surface area contributed by atoms with E-state index in [-0.39, 0.29) is 10.6 Å². The van der Waals surface area contributed by atoms with Crippen molar-refractivity contribution in [2.75, 3.05) is 0 Å². The third-order valence-corrected chi connectivity index (χ3v) is 5.11. The van der Waals surface area contributed by atoms with E-state index in [1.807, 2.05) is 31.4 Å². The van der Waals surface area contributed by atoms with Crippen LogP contribution in [0.2, 0.25) is 0 Å². The van der Waals surface area contributed by atoms with Gasteiger partial charge in [0, 0.05) is 23.4 Å². The van der Waals surface area contributed by atoms with Crippen LogP contribution >= 0.6 is 11.3 Å². The first-order chi connectivity index (χ1) is 11.6. The van der Waals surface area contributed by atoms with Gasteiger partial charge in [0.1, 0.15) is 5.82 Å². The maximum absolute atomic E-state index is 11.2. The van der Waals surface area contributed by atoms with Crippen molar-refractivity contribution < 1.29 is 4.92 Å². The molecule has 0 spiro atoms. The van der Waals surface area contributed by atoms with Crippen LogP contribution in [0.5, 0.6) is 0 Å². The number of rotatable bonds is 2. The minimum atomic E-state index is -0.371. The number of benzene rings is 1. The number of imidazole rings is 1. The Bertz CT molecular complexity index is 986. The van der Waals surface area contributed by atoms with Crippen LogP contribution in [0, 0.1) is 24.0 Å². The van der Waals surface area contributed by atoms with Crippen molar-refractivity contribution in [2.45, 2.75) is 20.4 Å². The van der Waals surface area contributed by atoms with Crippen LogP contribution in [-0.2, 0) is 6.54 Å². The van der Waals surface area contributed by atoms with Crippen molar-refractivity contribution in [1.29, 1.82) is 0 Å². The number of thiophene rings is 1. The summed E-state index contributed by atoms with van der Waals surface area (Å²) in [5, 5.41) is 13.2. The average Bonchev–Trinajstić information content (AvgIpc) is 3.14. The number of aryl methyl sites for hydroxylation is 1. The summed E-state index contributed by atoms with van der Waals surface area (Å²) in [4.78, 5) is 21.2. The highest BCUT2D eigenvalue weighted by Gasteiger charge is 2.24. The lowest BCUT2D eigenvalue weighted by atomic mass is 10.0. The lowest BCUT2D eigenvalue weighted by Crippen LogP contribution is -2.08. The van der Waals surface area contributed by atoms with Crippen LogP contribution in [0.25, 0.3) is 5.69 Å². The minimum absolute atomic E-state index is 0.0657. The molecule has 1 aliphatic rings. The topological polar surface area (TPSA) is 73.3 Å². The Morgan fingerprint density at radius 3 is 2.83 bits per heavy atom. The third kappa shape index (κ3) is 2.16. The summed E-state index contributed by atoms with van der Waals surface area (Å²) in [6.45, 7) is 4.42. The number of aliphatic imine (C=N–C) groups is 1. The van der Waals surface area contributed by atoms with Crippen LogP contribution in [-0.4, -0.2) is 20.2 Å². The van der Waals surface area contributed by atoms with Crippen LogP contribution in [0.1, 0.15) is 27.7 Å². The van der Waals surface area contributed by atoms with Crippen LogP contribution in [0.15, 0.2) is 40.7 Å². The van der Waals surface area contributed by atoms with E-state index in [0.29, 0.717) is 6.54 Å². The maximum Gasteiger partial charge on any atom is 0.270 e. The molecule has 3 heterocycles. The van der Waals surface area contributed by atoms with Gasteiger partial charge in [-0.3, -0.25) is 19.7 Å². The van der Waals surface area contributed by atoms with E-state index < -0.39 is 0 Å². The Morgan fingerprint density at radius 1 is 1.29 bits per heavy atom. The van der Waals surface area contributed by atoms with Crippen LogP contribution in [0.3, 0.4) is 0 Å². The molecule has 0 aliphatic carbocycles. The number of nitro groups is 1. The first-order valence-corrected chi connectivity index (χ1v) is 8.36. The van der Waals surface area contributed by atoms with Gasteiger partial charge in [-0.05, 0) is 31.4 Å². The normalized spacial score (nSPS) is 13.0. The second-order valence-electron chi connectivity index (χ2n) is 5.63. The Kier molecular flexibility index (Phi) is 3.31. The van der Waals surface area contributed by atoms with E-state index in [1.165, 1.54) is 6.07 Å². The van der Waals surface area contributed by atoms with Gasteiger partial charge in [0.2, 0.25) is 0 Å². The minimum Gasteiger partial charge on any atom is -0.298 e. The zero-order valence-electron chi connectivity index (χ0n) is 13.2. The van der Waals surface area contributed by atoms with Crippen LogP contribution < -0.4 is 0 Å². The molecule has 0 radical (unpaired) electrons. The van der Waals surface area contributed by atoms with Gasteiger partial charge < -0.3 is 0 Å². The van der Waals surface area contributed by atoms with Crippen molar-refractivity contribution >= 4 is 22.7 Å². The number of hydrogen-bond acceptors (Lipinski definition) is 5. The van der Waals surface area contributed by atoms with E-state index in [0.717, 1.165) is 39.1 Å². The van der Waals surface area contributed by atoms with Crippen molar-refractivity contribution in [3.63, 3.8) is 0 Å². The van der Waals surface area contributed by atoms with E-state index in [9.17, 15) is 10.1 Å². The lowest BCUT2D eigenvalue weighted by Gasteiger charge is -2.12. The van der Waals surface area contributed by atoms with Crippen molar-refractivity contribution in [1.82, 2.24) is 9.55 Å². The first kappa shape index (κ1) is 14.8. The van der Waals surface area contributed by atoms with Gasteiger partial charge in [-0.15, -0.1) is 11.3 Å². The van der Waals surface area contributed by atoms with Gasteiger partial charge in [-0.1, -0.05) is 6.07 Å². The average molecular weight is 338 g/mol. The molecule has 1 aromatic carbocycles. The highest BCUT2D eigenvalue weighted by atomic mass is 32.1. The molecule has 0 unspecified atom stereocenters. The second kappa shape index (κ2) is 5.38. The number of non-ortho nitro benzene ring substituents is 1.